The molecule has 0 saturated carbocycles. The third-order valence-corrected chi connectivity index (χ3v) is 4.57. The average molecular weight is 374 g/mol. The molecule has 0 bridgehead atoms. The van der Waals surface area contributed by atoms with Crippen molar-refractivity contribution in [1.82, 2.24) is 9.80 Å². The molecule has 0 radical (unpaired) electrons. The van der Waals surface area contributed by atoms with Crippen molar-refractivity contribution in [2.45, 2.75) is 33.7 Å². The number of hydrogen-bond acceptors (Lipinski definition) is 5. The summed E-state index contributed by atoms with van der Waals surface area (Å²) in [6.45, 7) is 7.70. The van der Waals surface area contributed by atoms with Crippen LogP contribution in [0, 0.1) is 11.8 Å². The van der Waals surface area contributed by atoms with Crippen LogP contribution in [0.3, 0.4) is 0 Å². The van der Waals surface area contributed by atoms with Crippen LogP contribution in [0.1, 0.15) is 48.4 Å². The molecule has 7 heteroatoms. The van der Waals surface area contributed by atoms with E-state index in [2.05, 4.69) is 0 Å². The fraction of sp³-hybridized carbons (Fsp3) is 0.500. The highest BCUT2D eigenvalue weighted by atomic mass is 16.5. The normalized spacial score (nSPS) is 15.6. The Kier molecular flexibility index (Phi) is 6.36. The highest BCUT2D eigenvalue weighted by Gasteiger charge is 2.42. The molecule has 1 aromatic carbocycles. The fourth-order valence-electron chi connectivity index (χ4n) is 3.24. The Labute approximate surface area is 159 Å². The van der Waals surface area contributed by atoms with Crippen LogP contribution in [0.2, 0.25) is 0 Å². The van der Waals surface area contributed by atoms with Crippen LogP contribution in [-0.2, 0) is 14.3 Å². The quantitative estimate of drug-likeness (QED) is 0.538. The number of carbonyl (C=O) groups excluding carboxylic acids is 4. The summed E-state index contributed by atoms with van der Waals surface area (Å²) in [5.41, 5.74) is 0.612. The van der Waals surface area contributed by atoms with Gasteiger partial charge in [-0.15, -0.1) is 0 Å². The van der Waals surface area contributed by atoms with E-state index in [9.17, 15) is 19.2 Å². The van der Waals surface area contributed by atoms with E-state index in [0.29, 0.717) is 17.7 Å². The van der Waals surface area contributed by atoms with Crippen LogP contribution in [0.5, 0.6) is 0 Å². The molecular formula is C20H26N2O5. The Morgan fingerprint density at radius 2 is 1.52 bits per heavy atom. The minimum absolute atomic E-state index is 0.160. The zero-order valence-electron chi connectivity index (χ0n) is 16.4. The van der Waals surface area contributed by atoms with E-state index in [0.717, 1.165) is 4.90 Å². The lowest BCUT2D eigenvalue weighted by atomic mass is 10.1. The van der Waals surface area contributed by atoms with Gasteiger partial charge in [-0.05, 0) is 25.0 Å². The summed E-state index contributed by atoms with van der Waals surface area (Å²) >= 11 is 0. The molecule has 1 heterocycles. The van der Waals surface area contributed by atoms with Crippen LogP contribution in [0.25, 0.3) is 0 Å². The van der Waals surface area contributed by atoms with E-state index in [1.54, 1.807) is 38.1 Å². The maximum Gasteiger partial charge on any atom is 0.310 e. The molecular weight excluding hydrogens is 348 g/mol. The molecule has 3 amide bonds. The molecule has 2 unspecified atom stereocenters. The first-order valence-electron chi connectivity index (χ1n) is 9.02. The van der Waals surface area contributed by atoms with Gasteiger partial charge in [-0.3, -0.25) is 24.1 Å². The van der Waals surface area contributed by atoms with Crippen molar-refractivity contribution in [3.63, 3.8) is 0 Å². The lowest BCUT2D eigenvalue weighted by Crippen LogP contribution is -2.51. The highest BCUT2D eigenvalue weighted by molar-refractivity contribution is 6.22. The Morgan fingerprint density at radius 1 is 1.00 bits per heavy atom. The van der Waals surface area contributed by atoms with E-state index in [4.69, 9.17) is 4.74 Å². The largest absolute Gasteiger partial charge is 0.469 e. The molecule has 1 aliphatic heterocycles. The van der Waals surface area contributed by atoms with Gasteiger partial charge in [0.15, 0.2) is 0 Å². The number of fused-ring (bicyclic) bond motifs is 1. The van der Waals surface area contributed by atoms with Gasteiger partial charge in [-0.25, -0.2) is 0 Å². The first kappa shape index (κ1) is 20.6. The molecule has 0 aromatic heterocycles. The molecule has 2 rings (SSSR count). The zero-order valence-corrected chi connectivity index (χ0v) is 16.4. The van der Waals surface area contributed by atoms with Gasteiger partial charge in [0.25, 0.3) is 11.8 Å². The minimum atomic E-state index is -0.957. The van der Waals surface area contributed by atoms with Crippen molar-refractivity contribution in [1.29, 1.82) is 0 Å². The second-order valence-electron chi connectivity index (χ2n) is 7.26. The third-order valence-electron chi connectivity index (χ3n) is 4.57. The summed E-state index contributed by atoms with van der Waals surface area (Å²) < 4.78 is 4.74. The monoisotopic (exact) mass is 374 g/mol. The minimum Gasteiger partial charge on any atom is -0.469 e. The molecule has 27 heavy (non-hydrogen) atoms. The molecule has 2 atom stereocenters. The third kappa shape index (κ3) is 4.18. The van der Waals surface area contributed by atoms with Crippen molar-refractivity contribution in [3.8, 4) is 0 Å². The first-order chi connectivity index (χ1) is 12.7. The number of esters is 1. The molecule has 1 aliphatic rings. The second kappa shape index (κ2) is 8.33. The summed E-state index contributed by atoms with van der Waals surface area (Å²) in [5.74, 6) is -2.07. The number of nitrogens with zero attached hydrogens (tertiary/aromatic N) is 2. The Bertz CT molecular complexity index is 723. The number of hydrogen-bond donors (Lipinski definition) is 0. The van der Waals surface area contributed by atoms with E-state index in [1.165, 1.54) is 12.0 Å². The van der Waals surface area contributed by atoms with Crippen molar-refractivity contribution in [2.75, 3.05) is 20.2 Å². The number of amides is 3. The SMILES string of the molecule is COC(=O)C(C)CN(CC(C)C)C(=O)C(C)N1C(=O)c2ccccc2C1=O. The van der Waals surface area contributed by atoms with Gasteiger partial charge in [0.05, 0.1) is 24.2 Å². The smallest absolute Gasteiger partial charge is 0.310 e. The van der Waals surface area contributed by atoms with Crippen molar-refractivity contribution < 1.29 is 23.9 Å². The predicted molar refractivity (Wildman–Crippen MR) is 99.0 cm³/mol. The lowest BCUT2D eigenvalue weighted by molar-refractivity contribution is -0.147. The summed E-state index contributed by atoms with van der Waals surface area (Å²) in [6, 6.07) is 5.57. The summed E-state index contributed by atoms with van der Waals surface area (Å²) in [7, 11) is 1.30. The van der Waals surface area contributed by atoms with Crippen LogP contribution >= 0.6 is 0 Å². The standard InChI is InChI=1S/C20H26N2O5/c1-12(2)10-21(11-13(3)20(26)27-5)17(23)14(4)22-18(24)15-8-6-7-9-16(15)19(22)25/h6-9,12-14H,10-11H2,1-5H3. The Morgan fingerprint density at radius 3 is 1.96 bits per heavy atom. The van der Waals surface area contributed by atoms with E-state index in [1.807, 2.05) is 13.8 Å². The molecule has 0 fully saturated rings. The van der Waals surface area contributed by atoms with Gasteiger partial charge in [0.2, 0.25) is 5.91 Å². The topological polar surface area (TPSA) is 84.0 Å². The number of imide groups is 1. The maximum absolute atomic E-state index is 13.1. The highest BCUT2D eigenvalue weighted by Crippen LogP contribution is 2.25. The van der Waals surface area contributed by atoms with Gasteiger partial charge in [-0.2, -0.15) is 0 Å². The number of benzene rings is 1. The van der Waals surface area contributed by atoms with Gasteiger partial charge in [0, 0.05) is 13.1 Å². The molecule has 1 aromatic rings. The zero-order chi connectivity index (χ0) is 20.3. The molecule has 0 aliphatic carbocycles. The van der Waals surface area contributed by atoms with Crippen LogP contribution in [0.4, 0.5) is 0 Å². The van der Waals surface area contributed by atoms with Crippen LogP contribution < -0.4 is 0 Å². The van der Waals surface area contributed by atoms with Crippen LogP contribution in [0.15, 0.2) is 24.3 Å². The van der Waals surface area contributed by atoms with E-state index >= 15 is 0 Å². The summed E-state index contributed by atoms with van der Waals surface area (Å²) in [4.78, 5) is 52.6. The number of methoxy groups -OCH3 is 1. The lowest BCUT2D eigenvalue weighted by Gasteiger charge is -2.31. The molecule has 0 N–H and O–H groups in total. The number of ether oxygens (including phenoxy) is 1. The second-order valence-corrected chi connectivity index (χ2v) is 7.26. The maximum atomic E-state index is 13.1. The summed E-state index contributed by atoms with van der Waals surface area (Å²) in [5, 5.41) is 0. The van der Waals surface area contributed by atoms with Gasteiger partial charge in [0.1, 0.15) is 6.04 Å². The summed E-state index contributed by atoms with van der Waals surface area (Å²) in [6.07, 6.45) is 0. The van der Waals surface area contributed by atoms with Crippen LogP contribution in [-0.4, -0.2) is 59.7 Å². The number of carbonyl (C=O) groups is 4. The first-order valence-corrected chi connectivity index (χ1v) is 9.02. The Hall–Kier alpha value is -2.70. The van der Waals surface area contributed by atoms with Gasteiger partial charge in [-0.1, -0.05) is 32.9 Å². The number of rotatable bonds is 7. The van der Waals surface area contributed by atoms with Crippen molar-refractivity contribution in [2.24, 2.45) is 11.8 Å². The van der Waals surface area contributed by atoms with Crippen molar-refractivity contribution >= 4 is 23.7 Å². The van der Waals surface area contributed by atoms with Gasteiger partial charge >= 0.3 is 5.97 Å². The predicted octanol–water partition coefficient (Wildman–Crippen LogP) is 1.96. The van der Waals surface area contributed by atoms with Gasteiger partial charge < -0.3 is 9.64 Å². The van der Waals surface area contributed by atoms with Crippen molar-refractivity contribution in [3.05, 3.63) is 35.4 Å². The molecule has 0 spiro atoms. The Balaban J connectivity index is 2.23. The fourth-order valence-corrected chi connectivity index (χ4v) is 3.24. The van der Waals surface area contributed by atoms with E-state index in [-0.39, 0.29) is 18.4 Å². The van der Waals surface area contributed by atoms with E-state index < -0.39 is 29.7 Å². The molecule has 7 nitrogen and oxygen atoms in total. The molecule has 0 saturated heterocycles. The molecule has 146 valence electrons. The average Bonchev–Trinajstić information content (AvgIpc) is 2.89.